The molecule has 0 aromatic heterocycles. The predicted molar refractivity (Wildman–Crippen MR) is 81.3 cm³/mol. The second kappa shape index (κ2) is 3.67. The average Bonchev–Trinajstić information content (AvgIpc) is 2.84. The van der Waals surface area contributed by atoms with Crippen LogP contribution in [0.4, 0.5) is 0 Å². The molecule has 3 nitrogen and oxygen atoms in total. The highest BCUT2D eigenvalue weighted by atomic mass is 16.2. The molecule has 2 bridgehead atoms. The number of imide groups is 1. The quantitative estimate of drug-likeness (QED) is 0.757. The van der Waals surface area contributed by atoms with E-state index >= 15 is 0 Å². The molecule has 2 amide bonds. The average molecular weight is 289 g/mol. The summed E-state index contributed by atoms with van der Waals surface area (Å²) >= 11 is 0. The molecular weight excluding hydrogens is 274 g/mol. The first-order valence-corrected chi connectivity index (χ1v) is 7.67. The van der Waals surface area contributed by atoms with Gasteiger partial charge in [0.15, 0.2) is 0 Å². The lowest BCUT2D eigenvalue weighted by Crippen LogP contribution is -2.51. The highest BCUT2D eigenvalue weighted by Gasteiger charge is 2.64. The van der Waals surface area contributed by atoms with Crippen molar-refractivity contribution >= 4 is 11.8 Å². The van der Waals surface area contributed by atoms with Crippen molar-refractivity contribution in [3.05, 3.63) is 70.8 Å². The van der Waals surface area contributed by atoms with Gasteiger partial charge in [0.1, 0.15) is 0 Å². The molecule has 2 atom stereocenters. The van der Waals surface area contributed by atoms with E-state index in [1.54, 1.807) is 0 Å². The van der Waals surface area contributed by atoms with Gasteiger partial charge in [-0.1, -0.05) is 55.5 Å². The lowest BCUT2D eigenvalue weighted by atomic mass is 9.48. The van der Waals surface area contributed by atoms with Crippen molar-refractivity contribution in [2.24, 2.45) is 11.8 Å². The van der Waals surface area contributed by atoms with Gasteiger partial charge >= 0.3 is 0 Å². The minimum atomic E-state index is -0.428. The molecule has 4 aliphatic rings. The van der Waals surface area contributed by atoms with E-state index in [9.17, 15) is 9.59 Å². The molecule has 1 heterocycles. The molecule has 0 radical (unpaired) electrons. The minimum absolute atomic E-state index is 0.00863. The summed E-state index contributed by atoms with van der Waals surface area (Å²) in [7, 11) is 0. The third-order valence-electron chi connectivity index (χ3n) is 5.88. The van der Waals surface area contributed by atoms with E-state index in [4.69, 9.17) is 0 Å². The van der Waals surface area contributed by atoms with Crippen molar-refractivity contribution in [1.29, 1.82) is 0 Å². The molecule has 1 saturated heterocycles. The summed E-state index contributed by atoms with van der Waals surface area (Å²) in [5, 5.41) is 2.58. The largest absolute Gasteiger partial charge is 0.296 e. The lowest BCUT2D eigenvalue weighted by Gasteiger charge is -2.52. The van der Waals surface area contributed by atoms with Crippen LogP contribution >= 0.6 is 0 Å². The van der Waals surface area contributed by atoms with Gasteiger partial charge in [-0.3, -0.25) is 14.9 Å². The number of carbonyl (C=O) groups is 2. The molecular formula is C19H15NO2. The number of hydrogen-bond acceptors (Lipinski definition) is 2. The topological polar surface area (TPSA) is 46.2 Å². The zero-order valence-electron chi connectivity index (χ0n) is 12.2. The summed E-state index contributed by atoms with van der Waals surface area (Å²) < 4.78 is 0. The maximum absolute atomic E-state index is 12.5. The minimum Gasteiger partial charge on any atom is -0.296 e. The van der Waals surface area contributed by atoms with Crippen LogP contribution in [0.3, 0.4) is 0 Å². The summed E-state index contributed by atoms with van der Waals surface area (Å²) in [5.74, 6) is -0.815. The van der Waals surface area contributed by atoms with E-state index in [1.165, 1.54) is 22.3 Å². The standard InChI is InChI=1S/C19H15NO2/c1-19-12-8-4-2-6-10(12)14(11-7-3-5-9-13(11)19)15-16(19)18(22)20-17(15)21/h2-9,14-16H,1H3,(H,20,21,22)/t14?,15-,16-,19?/m1/s1. The third-order valence-corrected chi connectivity index (χ3v) is 5.88. The first kappa shape index (κ1) is 12.2. The van der Waals surface area contributed by atoms with Crippen molar-refractivity contribution in [2.75, 3.05) is 0 Å². The Labute approximate surface area is 128 Å². The van der Waals surface area contributed by atoms with Gasteiger partial charge in [0.05, 0.1) is 11.8 Å². The Balaban J connectivity index is 1.94. The van der Waals surface area contributed by atoms with Crippen molar-refractivity contribution < 1.29 is 9.59 Å². The zero-order valence-corrected chi connectivity index (χ0v) is 12.2. The van der Waals surface area contributed by atoms with Gasteiger partial charge in [0.25, 0.3) is 0 Å². The number of carbonyl (C=O) groups excluding carboxylic acids is 2. The highest BCUT2D eigenvalue weighted by molar-refractivity contribution is 6.08. The van der Waals surface area contributed by atoms with Gasteiger partial charge < -0.3 is 0 Å². The van der Waals surface area contributed by atoms with Crippen LogP contribution in [0.1, 0.15) is 35.1 Å². The predicted octanol–water partition coefficient (Wildman–Crippen LogP) is 2.34. The van der Waals surface area contributed by atoms with Crippen LogP contribution in [0.25, 0.3) is 0 Å². The molecule has 1 aliphatic heterocycles. The molecule has 2 aromatic carbocycles. The van der Waals surface area contributed by atoms with Gasteiger partial charge in [0, 0.05) is 11.3 Å². The first-order chi connectivity index (χ1) is 10.6. The maximum atomic E-state index is 12.5. The number of nitrogens with one attached hydrogen (secondary N) is 1. The number of hydrogen-bond donors (Lipinski definition) is 1. The van der Waals surface area contributed by atoms with Crippen LogP contribution in [0.5, 0.6) is 0 Å². The SMILES string of the molecule is CC12c3ccccc3C(c3ccccc31)[C@H]1C(=O)NC(=O)[C@@H]12. The third kappa shape index (κ3) is 1.12. The molecule has 3 heteroatoms. The molecule has 6 rings (SSSR count). The Morgan fingerprint density at radius 2 is 1.41 bits per heavy atom. The number of amides is 2. The highest BCUT2D eigenvalue weighted by Crippen LogP contribution is 2.62. The van der Waals surface area contributed by atoms with E-state index in [0.29, 0.717) is 0 Å². The zero-order chi connectivity index (χ0) is 15.1. The summed E-state index contributed by atoms with van der Waals surface area (Å²) in [6.45, 7) is 2.12. The van der Waals surface area contributed by atoms with E-state index in [-0.39, 0.29) is 29.6 Å². The smallest absolute Gasteiger partial charge is 0.231 e. The Hall–Kier alpha value is -2.42. The van der Waals surface area contributed by atoms with E-state index in [2.05, 4.69) is 36.5 Å². The summed E-state index contributed by atoms with van der Waals surface area (Å²) in [5.41, 5.74) is 4.38. The van der Waals surface area contributed by atoms with Crippen LogP contribution in [0.15, 0.2) is 48.5 Å². The van der Waals surface area contributed by atoms with Crippen LogP contribution in [-0.4, -0.2) is 11.8 Å². The van der Waals surface area contributed by atoms with Gasteiger partial charge in [0.2, 0.25) is 11.8 Å². The molecule has 108 valence electrons. The van der Waals surface area contributed by atoms with Gasteiger partial charge in [-0.15, -0.1) is 0 Å². The van der Waals surface area contributed by atoms with Crippen LogP contribution < -0.4 is 5.32 Å². The van der Waals surface area contributed by atoms with Gasteiger partial charge in [-0.2, -0.15) is 0 Å². The van der Waals surface area contributed by atoms with Gasteiger partial charge in [-0.05, 0) is 22.3 Å². The van der Waals surface area contributed by atoms with Crippen LogP contribution in [0.2, 0.25) is 0 Å². The molecule has 0 saturated carbocycles. The van der Waals surface area contributed by atoms with Gasteiger partial charge in [-0.25, -0.2) is 0 Å². The molecule has 0 spiro atoms. The Kier molecular flexibility index (Phi) is 2.03. The number of benzene rings is 2. The summed E-state index contributed by atoms with van der Waals surface area (Å²) in [6.07, 6.45) is 0. The second-order valence-corrected chi connectivity index (χ2v) is 6.71. The lowest BCUT2D eigenvalue weighted by molar-refractivity contribution is -0.126. The van der Waals surface area contributed by atoms with E-state index in [1.807, 2.05) is 24.3 Å². The summed E-state index contributed by atoms with van der Waals surface area (Å²) in [6, 6.07) is 16.6. The van der Waals surface area contributed by atoms with Crippen molar-refractivity contribution in [3.63, 3.8) is 0 Å². The Morgan fingerprint density at radius 3 is 2.00 bits per heavy atom. The molecule has 1 N–H and O–H groups in total. The second-order valence-electron chi connectivity index (χ2n) is 6.71. The molecule has 3 aliphatic carbocycles. The molecule has 1 fully saturated rings. The van der Waals surface area contributed by atoms with E-state index < -0.39 is 5.41 Å². The van der Waals surface area contributed by atoms with Crippen molar-refractivity contribution in [1.82, 2.24) is 5.32 Å². The molecule has 2 aromatic rings. The fourth-order valence-corrected chi connectivity index (χ4v) is 5.08. The van der Waals surface area contributed by atoms with Crippen LogP contribution in [-0.2, 0) is 15.0 Å². The van der Waals surface area contributed by atoms with Crippen molar-refractivity contribution in [3.8, 4) is 0 Å². The van der Waals surface area contributed by atoms with E-state index in [0.717, 1.165) is 0 Å². The number of rotatable bonds is 0. The first-order valence-electron chi connectivity index (χ1n) is 7.67. The normalized spacial score (nSPS) is 34.0. The maximum Gasteiger partial charge on any atom is 0.231 e. The molecule has 0 unspecified atom stereocenters. The Bertz CT molecular complexity index is 807. The molecule has 22 heavy (non-hydrogen) atoms. The Morgan fingerprint density at radius 1 is 0.864 bits per heavy atom. The summed E-state index contributed by atoms with van der Waals surface area (Å²) in [4.78, 5) is 24.9. The van der Waals surface area contributed by atoms with Crippen LogP contribution in [0, 0.1) is 11.8 Å². The monoisotopic (exact) mass is 289 g/mol. The fourth-order valence-electron chi connectivity index (χ4n) is 5.08. The van der Waals surface area contributed by atoms with Crippen molar-refractivity contribution in [2.45, 2.75) is 18.3 Å². The fraction of sp³-hybridized carbons (Fsp3) is 0.263.